The SMILES string of the molecule is CCNC(=NCc1ccc(Cl)cc1OC)NCc1nc(C)c(C)o1. The van der Waals surface area contributed by atoms with E-state index in [0.29, 0.717) is 30.0 Å². The van der Waals surface area contributed by atoms with E-state index in [0.717, 1.165) is 29.3 Å². The molecule has 130 valence electrons. The summed E-state index contributed by atoms with van der Waals surface area (Å²) in [5.74, 6) is 2.88. The van der Waals surface area contributed by atoms with Gasteiger partial charge in [-0.1, -0.05) is 17.7 Å². The molecule has 0 radical (unpaired) electrons. The van der Waals surface area contributed by atoms with Crippen molar-refractivity contribution in [2.24, 2.45) is 4.99 Å². The summed E-state index contributed by atoms with van der Waals surface area (Å²) < 4.78 is 10.9. The van der Waals surface area contributed by atoms with E-state index in [1.54, 1.807) is 13.2 Å². The summed E-state index contributed by atoms with van der Waals surface area (Å²) in [6, 6.07) is 5.52. The van der Waals surface area contributed by atoms with E-state index in [-0.39, 0.29) is 0 Å². The number of halogens is 1. The van der Waals surface area contributed by atoms with Crippen LogP contribution in [0.4, 0.5) is 0 Å². The summed E-state index contributed by atoms with van der Waals surface area (Å²) in [7, 11) is 1.62. The van der Waals surface area contributed by atoms with E-state index >= 15 is 0 Å². The Kier molecular flexibility index (Phi) is 6.49. The number of rotatable bonds is 6. The second-order valence-corrected chi connectivity index (χ2v) is 5.69. The van der Waals surface area contributed by atoms with Crippen molar-refractivity contribution in [1.29, 1.82) is 0 Å². The molecule has 0 aliphatic heterocycles. The summed E-state index contributed by atoms with van der Waals surface area (Å²) in [6.07, 6.45) is 0. The smallest absolute Gasteiger partial charge is 0.214 e. The number of hydrogen-bond donors (Lipinski definition) is 2. The fraction of sp³-hybridized carbons (Fsp3) is 0.412. The second kappa shape index (κ2) is 8.59. The topological polar surface area (TPSA) is 71.7 Å². The van der Waals surface area contributed by atoms with Gasteiger partial charge in [0.1, 0.15) is 11.5 Å². The second-order valence-electron chi connectivity index (χ2n) is 5.25. The van der Waals surface area contributed by atoms with Gasteiger partial charge in [-0.05, 0) is 32.9 Å². The number of ether oxygens (including phenoxy) is 1. The van der Waals surface area contributed by atoms with Crippen LogP contribution in [0.3, 0.4) is 0 Å². The third-order valence-electron chi connectivity index (χ3n) is 3.48. The van der Waals surface area contributed by atoms with Crippen LogP contribution in [0.15, 0.2) is 27.6 Å². The largest absolute Gasteiger partial charge is 0.496 e. The van der Waals surface area contributed by atoms with Gasteiger partial charge in [0.2, 0.25) is 5.89 Å². The van der Waals surface area contributed by atoms with Crippen molar-refractivity contribution in [1.82, 2.24) is 15.6 Å². The van der Waals surface area contributed by atoms with Crippen LogP contribution < -0.4 is 15.4 Å². The van der Waals surface area contributed by atoms with Crippen molar-refractivity contribution in [2.45, 2.75) is 33.9 Å². The number of nitrogens with one attached hydrogen (secondary N) is 2. The highest BCUT2D eigenvalue weighted by atomic mass is 35.5. The van der Waals surface area contributed by atoms with E-state index in [9.17, 15) is 0 Å². The molecule has 7 heteroatoms. The Balaban J connectivity index is 2.05. The predicted octanol–water partition coefficient (Wildman–Crippen LogP) is 3.21. The van der Waals surface area contributed by atoms with Gasteiger partial charge in [0, 0.05) is 17.1 Å². The zero-order chi connectivity index (χ0) is 17.5. The molecule has 6 nitrogen and oxygen atoms in total. The quantitative estimate of drug-likeness (QED) is 0.618. The third-order valence-corrected chi connectivity index (χ3v) is 3.72. The molecule has 1 aromatic carbocycles. The lowest BCUT2D eigenvalue weighted by Gasteiger charge is -2.11. The third kappa shape index (κ3) is 4.89. The van der Waals surface area contributed by atoms with Crippen LogP contribution in [0, 0.1) is 13.8 Å². The lowest BCUT2D eigenvalue weighted by molar-refractivity contribution is 0.410. The van der Waals surface area contributed by atoms with Crippen molar-refractivity contribution in [3.63, 3.8) is 0 Å². The number of aryl methyl sites for hydroxylation is 2. The summed E-state index contributed by atoms with van der Waals surface area (Å²) in [5, 5.41) is 7.05. The Hall–Kier alpha value is -2.21. The van der Waals surface area contributed by atoms with Crippen LogP contribution in [0.5, 0.6) is 5.75 Å². The van der Waals surface area contributed by atoms with Crippen molar-refractivity contribution in [2.75, 3.05) is 13.7 Å². The van der Waals surface area contributed by atoms with Gasteiger partial charge in [0.25, 0.3) is 0 Å². The maximum absolute atomic E-state index is 5.98. The van der Waals surface area contributed by atoms with Gasteiger partial charge < -0.3 is 19.8 Å². The van der Waals surface area contributed by atoms with Crippen molar-refractivity contribution in [3.05, 3.63) is 46.1 Å². The Labute approximate surface area is 147 Å². The highest BCUT2D eigenvalue weighted by Crippen LogP contribution is 2.23. The fourth-order valence-corrected chi connectivity index (χ4v) is 2.29. The molecule has 2 rings (SSSR count). The lowest BCUT2D eigenvalue weighted by atomic mass is 10.2. The molecule has 0 aliphatic carbocycles. The van der Waals surface area contributed by atoms with Crippen LogP contribution in [0.1, 0.15) is 29.8 Å². The van der Waals surface area contributed by atoms with E-state index in [4.69, 9.17) is 20.8 Å². The molecule has 0 saturated carbocycles. The molecule has 0 amide bonds. The van der Waals surface area contributed by atoms with E-state index < -0.39 is 0 Å². The van der Waals surface area contributed by atoms with E-state index in [2.05, 4.69) is 20.6 Å². The monoisotopic (exact) mass is 350 g/mol. The normalized spacial score (nSPS) is 11.5. The zero-order valence-electron chi connectivity index (χ0n) is 14.4. The average molecular weight is 351 g/mol. The van der Waals surface area contributed by atoms with Gasteiger partial charge in [-0.25, -0.2) is 9.98 Å². The number of aromatic nitrogens is 1. The number of methoxy groups -OCH3 is 1. The van der Waals surface area contributed by atoms with Crippen LogP contribution >= 0.6 is 11.6 Å². The van der Waals surface area contributed by atoms with Gasteiger partial charge in [0.05, 0.1) is 25.9 Å². The molecule has 0 fully saturated rings. The van der Waals surface area contributed by atoms with Crippen molar-refractivity contribution in [3.8, 4) is 5.75 Å². The summed E-state index contributed by atoms with van der Waals surface area (Å²) in [5.41, 5.74) is 1.86. The summed E-state index contributed by atoms with van der Waals surface area (Å²) in [4.78, 5) is 8.92. The Morgan fingerprint density at radius 2 is 2.12 bits per heavy atom. The first-order valence-electron chi connectivity index (χ1n) is 7.81. The number of guanidine groups is 1. The molecule has 0 aliphatic rings. The molecule has 0 atom stereocenters. The molecule has 24 heavy (non-hydrogen) atoms. The minimum Gasteiger partial charge on any atom is -0.496 e. The molecule has 1 heterocycles. The number of oxazole rings is 1. The summed E-state index contributed by atoms with van der Waals surface area (Å²) in [6.45, 7) is 7.54. The highest BCUT2D eigenvalue weighted by molar-refractivity contribution is 6.30. The zero-order valence-corrected chi connectivity index (χ0v) is 15.2. The van der Waals surface area contributed by atoms with Crippen LogP contribution in [0.2, 0.25) is 5.02 Å². The highest BCUT2D eigenvalue weighted by Gasteiger charge is 2.07. The Morgan fingerprint density at radius 3 is 2.75 bits per heavy atom. The van der Waals surface area contributed by atoms with E-state index in [1.165, 1.54) is 0 Å². The minimum atomic E-state index is 0.471. The van der Waals surface area contributed by atoms with Crippen molar-refractivity contribution >= 4 is 17.6 Å². The summed E-state index contributed by atoms with van der Waals surface area (Å²) >= 11 is 5.98. The molecule has 1 aromatic heterocycles. The number of hydrogen-bond acceptors (Lipinski definition) is 4. The first kappa shape index (κ1) is 18.1. The molecule has 0 unspecified atom stereocenters. The van der Waals surface area contributed by atoms with Gasteiger partial charge in [-0.2, -0.15) is 0 Å². The Bertz CT molecular complexity index is 693. The Morgan fingerprint density at radius 1 is 1.33 bits per heavy atom. The number of aliphatic imine (C=N–C) groups is 1. The fourth-order valence-electron chi connectivity index (χ4n) is 2.13. The standard InChI is InChI=1S/C17H23ClN4O2/c1-5-19-17(21-10-16-22-11(2)12(3)24-16)20-9-13-6-7-14(18)8-15(13)23-4/h6-8H,5,9-10H2,1-4H3,(H2,19,20,21). The maximum atomic E-state index is 5.98. The molecule has 0 bridgehead atoms. The lowest BCUT2D eigenvalue weighted by Crippen LogP contribution is -2.36. The molecule has 0 spiro atoms. The average Bonchev–Trinajstić information content (AvgIpc) is 2.89. The van der Waals surface area contributed by atoms with Crippen LogP contribution in [-0.4, -0.2) is 24.6 Å². The maximum Gasteiger partial charge on any atom is 0.214 e. The molecule has 0 saturated heterocycles. The molecular weight excluding hydrogens is 328 g/mol. The van der Waals surface area contributed by atoms with Gasteiger partial charge in [-0.3, -0.25) is 0 Å². The predicted molar refractivity (Wildman–Crippen MR) is 95.6 cm³/mol. The molecule has 2 aromatic rings. The molecule has 2 N–H and O–H groups in total. The first-order valence-corrected chi connectivity index (χ1v) is 8.18. The number of nitrogens with zero attached hydrogens (tertiary/aromatic N) is 2. The number of benzene rings is 1. The first-order chi connectivity index (χ1) is 11.5. The van der Waals surface area contributed by atoms with Gasteiger partial charge in [0.15, 0.2) is 5.96 Å². The minimum absolute atomic E-state index is 0.471. The van der Waals surface area contributed by atoms with E-state index in [1.807, 2.05) is 32.9 Å². The van der Waals surface area contributed by atoms with Crippen LogP contribution in [0.25, 0.3) is 0 Å². The van der Waals surface area contributed by atoms with Crippen molar-refractivity contribution < 1.29 is 9.15 Å². The van der Waals surface area contributed by atoms with Gasteiger partial charge in [-0.15, -0.1) is 0 Å². The van der Waals surface area contributed by atoms with Crippen LogP contribution in [-0.2, 0) is 13.1 Å². The molecular formula is C17H23ClN4O2. The van der Waals surface area contributed by atoms with Gasteiger partial charge >= 0.3 is 0 Å².